The summed E-state index contributed by atoms with van der Waals surface area (Å²) in [6, 6.07) is -1.35. The van der Waals surface area contributed by atoms with Gasteiger partial charge in [-0.25, -0.2) is 9.59 Å². The molecule has 0 bridgehead atoms. The maximum absolute atomic E-state index is 12.7. The van der Waals surface area contributed by atoms with Crippen molar-refractivity contribution in [3.63, 3.8) is 0 Å². The number of hydrogen-bond donors (Lipinski definition) is 2. The third-order valence-corrected chi connectivity index (χ3v) is 6.86. The molecule has 9 nitrogen and oxygen atoms in total. The van der Waals surface area contributed by atoms with Gasteiger partial charge in [0.1, 0.15) is 11.0 Å². The monoisotopic (exact) mass is 477 g/mol. The molecule has 1 atom stereocenters. The Bertz CT molecular complexity index is 939. The summed E-state index contributed by atoms with van der Waals surface area (Å²) in [6.07, 6.45) is 5.46. The number of aliphatic imine (C=N–C) groups is 1. The largest absolute Gasteiger partial charge is 0.466 e. The van der Waals surface area contributed by atoms with Gasteiger partial charge in [0, 0.05) is 17.7 Å². The number of fused-ring (bicyclic) bond motifs is 1. The Morgan fingerprint density at radius 2 is 1.82 bits per heavy atom. The van der Waals surface area contributed by atoms with Gasteiger partial charge in [0.25, 0.3) is 0 Å². The Morgan fingerprint density at radius 3 is 2.58 bits per heavy atom. The first-order valence-corrected chi connectivity index (χ1v) is 12.4. The maximum atomic E-state index is 12.7. The second-order valence-corrected chi connectivity index (χ2v) is 9.06. The average Bonchev–Trinajstić information content (AvgIpc) is 3.35. The van der Waals surface area contributed by atoms with Gasteiger partial charge in [-0.05, 0) is 57.9 Å². The summed E-state index contributed by atoms with van der Waals surface area (Å²) >= 11 is 1.53. The predicted octanol–water partition coefficient (Wildman–Crippen LogP) is 3.44. The van der Waals surface area contributed by atoms with Crippen LogP contribution in [-0.4, -0.2) is 55.3 Å². The Balaban J connectivity index is 1.62. The lowest BCUT2D eigenvalue weighted by atomic mass is 9.95. The standard InChI is InChI=1S/C23H31N3O6S/c1-3-31-18(28)12-8-6-10-16(27)20-15(25-23(30)26-20)13-24-21-19(22(29)32-4-2)14-9-5-7-11-17(14)33-21/h20,24H,3-13H2,1-2H3,(H,26,30). The number of esters is 2. The van der Waals surface area contributed by atoms with Gasteiger partial charge in [0.05, 0.1) is 31.0 Å². The van der Waals surface area contributed by atoms with Gasteiger partial charge < -0.3 is 20.1 Å². The molecule has 0 fully saturated rings. The molecule has 1 aromatic rings. The van der Waals surface area contributed by atoms with E-state index in [-0.39, 0.29) is 37.1 Å². The van der Waals surface area contributed by atoms with Crippen LogP contribution in [0.5, 0.6) is 0 Å². The van der Waals surface area contributed by atoms with E-state index in [2.05, 4.69) is 15.6 Å². The van der Waals surface area contributed by atoms with Crippen LogP contribution in [0.2, 0.25) is 0 Å². The molecule has 1 aliphatic heterocycles. The number of ketones is 1. The van der Waals surface area contributed by atoms with Crippen molar-refractivity contribution < 1.29 is 28.7 Å². The van der Waals surface area contributed by atoms with Crippen LogP contribution in [0.25, 0.3) is 0 Å². The molecule has 2 N–H and O–H groups in total. The van der Waals surface area contributed by atoms with Crippen LogP contribution in [0.3, 0.4) is 0 Å². The molecule has 1 unspecified atom stereocenters. The number of ether oxygens (including phenoxy) is 2. The number of amides is 2. The number of nitrogens with zero attached hydrogens (tertiary/aromatic N) is 1. The molecule has 2 amide bonds. The Morgan fingerprint density at radius 1 is 1.09 bits per heavy atom. The second kappa shape index (κ2) is 11.9. The number of carbonyl (C=O) groups excluding carboxylic acids is 4. The van der Waals surface area contributed by atoms with Crippen molar-refractivity contribution in [2.45, 2.75) is 71.3 Å². The van der Waals surface area contributed by atoms with Gasteiger partial charge in [-0.15, -0.1) is 11.3 Å². The lowest BCUT2D eigenvalue weighted by Gasteiger charge is -2.14. The Kier molecular flexibility index (Phi) is 8.99. The lowest BCUT2D eigenvalue weighted by Crippen LogP contribution is -2.41. The third-order valence-electron chi connectivity index (χ3n) is 5.61. The van der Waals surface area contributed by atoms with Crippen LogP contribution in [0.4, 0.5) is 9.80 Å². The zero-order chi connectivity index (χ0) is 23.8. The molecule has 180 valence electrons. The fourth-order valence-electron chi connectivity index (χ4n) is 4.07. The highest BCUT2D eigenvalue weighted by molar-refractivity contribution is 7.16. The minimum absolute atomic E-state index is 0.152. The van der Waals surface area contributed by atoms with E-state index in [4.69, 9.17) is 9.47 Å². The molecule has 0 saturated heterocycles. The van der Waals surface area contributed by atoms with Gasteiger partial charge in [-0.1, -0.05) is 0 Å². The number of carbonyl (C=O) groups is 4. The normalized spacial score (nSPS) is 17.1. The van der Waals surface area contributed by atoms with Gasteiger partial charge in [0.15, 0.2) is 5.78 Å². The number of thiophene rings is 1. The first-order valence-electron chi connectivity index (χ1n) is 11.6. The first kappa shape index (κ1) is 24.9. The van der Waals surface area contributed by atoms with Crippen molar-refractivity contribution in [1.82, 2.24) is 5.32 Å². The zero-order valence-corrected chi connectivity index (χ0v) is 20.0. The number of urea groups is 1. The summed E-state index contributed by atoms with van der Waals surface area (Å²) in [6.45, 7) is 4.33. The fourth-order valence-corrected chi connectivity index (χ4v) is 5.34. The molecule has 1 aliphatic carbocycles. The molecule has 33 heavy (non-hydrogen) atoms. The van der Waals surface area contributed by atoms with Crippen LogP contribution in [0, 0.1) is 0 Å². The van der Waals surface area contributed by atoms with Crippen LogP contribution < -0.4 is 10.6 Å². The molecule has 2 aliphatic rings. The lowest BCUT2D eigenvalue weighted by molar-refractivity contribution is -0.143. The number of hydrogen-bond acceptors (Lipinski definition) is 8. The van der Waals surface area contributed by atoms with Gasteiger partial charge in [-0.2, -0.15) is 4.99 Å². The number of rotatable bonds is 12. The zero-order valence-electron chi connectivity index (χ0n) is 19.2. The van der Waals surface area contributed by atoms with Crippen molar-refractivity contribution >= 4 is 45.8 Å². The summed E-state index contributed by atoms with van der Waals surface area (Å²) in [7, 11) is 0. The molecule has 0 saturated carbocycles. The van der Waals surface area contributed by atoms with E-state index in [1.54, 1.807) is 13.8 Å². The van der Waals surface area contributed by atoms with Crippen molar-refractivity contribution in [3.8, 4) is 0 Å². The van der Waals surface area contributed by atoms with Crippen molar-refractivity contribution in [3.05, 3.63) is 16.0 Å². The molecular weight excluding hydrogens is 446 g/mol. The van der Waals surface area contributed by atoms with Gasteiger partial charge in [-0.3, -0.25) is 9.59 Å². The van der Waals surface area contributed by atoms with E-state index < -0.39 is 12.1 Å². The summed E-state index contributed by atoms with van der Waals surface area (Å²) in [5.41, 5.74) is 2.01. The molecule has 10 heteroatoms. The SMILES string of the molecule is CCOC(=O)CCCCC(=O)C1NC(=O)N=C1CNc1sc2c(c1C(=O)OCC)CCCC2. The van der Waals surface area contributed by atoms with E-state index in [0.717, 1.165) is 31.2 Å². The van der Waals surface area contributed by atoms with Gasteiger partial charge >= 0.3 is 18.0 Å². The van der Waals surface area contributed by atoms with Crippen LogP contribution >= 0.6 is 11.3 Å². The highest BCUT2D eigenvalue weighted by Gasteiger charge is 2.32. The average molecular weight is 478 g/mol. The van der Waals surface area contributed by atoms with Crippen LogP contribution in [-0.2, 0) is 31.9 Å². The van der Waals surface area contributed by atoms with E-state index in [9.17, 15) is 19.2 Å². The third kappa shape index (κ3) is 6.40. The summed E-state index contributed by atoms with van der Waals surface area (Å²) in [5.74, 6) is -0.779. The van der Waals surface area contributed by atoms with Crippen molar-refractivity contribution in [1.29, 1.82) is 0 Å². The molecular formula is C23H31N3O6S. The summed E-state index contributed by atoms with van der Waals surface area (Å²) < 4.78 is 10.2. The van der Waals surface area contributed by atoms with E-state index in [0.29, 0.717) is 42.3 Å². The minimum atomic E-state index is -0.798. The Hall–Kier alpha value is -2.75. The van der Waals surface area contributed by atoms with E-state index in [1.165, 1.54) is 16.2 Å². The second-order valence-electron chi connectivity index (χ2n) is 7.95. The molecule has 0 radical (unpaired) electrons. The predicted molar refractivity (Wildman–Crippen MR) is 125 cm³/mol. The molecule has 0 spiro atoms. The molecule has 1 aromatic heterocycles. The van der Waals surface area contributed by atoms with Crippen LogP contribution in [0.15, 0.2) is 4.99 Å². The molecule has 2 heterocycles. The number of Topliss-reactive ketones (excluding diaryl/α,β-unsaturated/α-hetero) is 1. The smallest absolute Gasteiger partial charge is 0.341 e. The maximum Gasteiger partial charge on any atom is 0.341 e. The van der Waals surface area contributed by atoms with Crippen molar-refractivity contribution in [2.75, 3.05) is 25.1 Å². The first-order chi connectivity index (χ1) is 15.9. The van der Waals surface area contributed by atoms with Crippen LogP contribution in [0.1, 0.15) is 73.2 Å². The number of unbranched alkanes of at least 4 members (excludes halogenated alkanes) is 1. The fraction of sp³-hybridized carbons (Fsp3) is 0.609. The summed E-state index contributed by atoms with van der Waals surface area (Å²) in [4.78, 5) is 53.8. The molecule has 3 rings (SSSR count). The van der Waals surface area contributed by atoms with E-state index >= 15 is 0 Å². The quantitative estimate of drug-likeness (QED) is 0.349. The summed E-state index contributed by atoms with van der Waals surface area (Å²) in [5, 5.41) is 6.54. The van der Waals surface area contributed by atoms with Gasteiger partial charge in [0.2, 0.25) is 0 Å². The topological polar surface area (TPSA) is 123 Å². The van der Waals surface area contributed by atoms with Crippen molar-refractivity contribution in [2.24, 2.45) is 4.99 Å². The van der Waals surface area contributed by atoms with E-state index in [1.807, 2.05) is 0 Å². The highest BCUT2D eigenvalue weighted by Crippen LogP contribution is 2.38. The number of nitrogens with one attached hydrogen (secondary N) is 2. The Labute approximate surface area is 197 Å². The molecule has 0 aromatic carbocycles. The number of aryl methyl sites for hydroxylation is 1. The minimum Gasteiger partial charge on any atom is -0.466 e. The number of anilines is 1. The highest BCUT2D eigenvalue weighted by atomic mass is 32.1.